The summed E-state index contributed by atoms with van der Waals surface area (Å²) in [6, 6.07) is 11.1. The lowest BCUT2D eigenvalue weighted by Crippen LogP contribution is -2.24. The predicted molar refractivity (Wildman–Crippen MR) is 101 cm³/mol. The number of hydrogen-bond donors (Lipinski definition) is 2. The van der Waals surface area contributed by atoms with Crippen LogP contribution in [0.15, 0.2) is 52.5 Å². The maximum atomic E-state index is 12.0. The third-order valence-corrected chi connectivity index (χ3v) is 4.54. The van der Waals surface area contributed by atoms with Crippen LogP contribution in [0.3, 0.4) is 0 Å². The van der Waals surface area contributed by atoms with Gasteiger partial charge in [0.25, 0.3) is 0 Å². The summed E-state index contributed by atoms with van der Waals surface area (Å²) < 4.78 is 5.18. The molecule has 2 N–H and O–H groups in total. The molecule has 6 nitrogen and oxygen atoms in total. The van der Waals surface area contributed by atoms with Crippen molar-refractivity contribution >= 4 is 28.8 Å². The maximum Gasteiger partial charge on any atom is 0.227 e. The topological polar surface area (TPSA) is 84.2 Å². The van der Waals surface area contributed by atoms with Gasteiger partial charge < -0.3 is 15.1 Å². The second kappa shape index (κ2) is 8.44. The number of furan rings is 1. The molecule has 0 atom stereocenters. The number of benzene rings is 1. The van der Waals surface area contributed by atoms with E-state index >= 15 is 0 Å². The van der Waals surface area contributed by atoms with Gasteiger partial charge in [0.2, 0.25) is 11.8 Å². The average Bonchev–Trinajstić information content (AvgIpc) is 3.32. The van der Waals surface area contributed by atoms with E-state index in [1.807, 2.05) is 42.6 Å². The first-order chi connectivity index (χ1) is 12.6. The Bertz CT molecular complexity index is 870. The van der Waals surface area contributed by atoms with Crippen LogP contribution in [0.1, 0.15) is 24.1 Å². The molecule has 0 aliphatic rings. The number of anilines is 1. The first-order valence-corrected chi connectivity index (χ1v) is 9.16. The van der Waals surface area contributed by atoms with Crippen LogP contribution in [0.2, 0.25) is 0 Å². The van der Waals surface area contributed by atoms with Crippen molar-refractivity contribution in [2.45, 2.75) is 26.3 Å². The summed E-state index contributed by atoms with van der Waals surface area (Å²) in [5, 5.41) is 8.29. The fraction of sp³-hybridized carbons (Fsp3) is 0.211. The normalized spacial score (nSPS) is 10.5. The largest absolute Gasteiger partial charge is 0.467 e. The second-order valence-electron chi connectivity index (χ2n) is 5.64. The molecule has 134 valence electrons. The molecule has 0 unspecified atom stereocenters. The van der Waals surface area contributed by atoms with E-state index in [9.17, 15) is 9.59 Å². The van der Waals surface area contributed by atoms with Gasteiger partial charge in [-0.1, -0.05) is 19.1 Å². The van der Waals surface area contributed by atoms with Crippen molar-refractivity contribution in [2.24, 2.45) is 0 Å². The number of amides is 2. The quantitative estimate of drug-likeness (QED) is 0.666. The zero-order valence-corrected chi connectivity index (χ0v) is 15.1. The van der Waals surface area contributed by atoms with Gasteiger partial charge in [-0.15, -0.1) is 11.3 Å². The van der Waals surface area contributed by atoms with Gasteiger partial charge in [-0.25, -0.2) is 4.98 Å². The van der Waals surface area contributed by atoms with Crippen molar-refractivity contribution in [3.8, 4) is 11.3 Å². The molecule has 0 spiro atoms. The molecule has 0 aliphatic heterocycles. The number of nitrogens with zero attached hydrogens (tertiary/aromatic N) is 1. The van der Waals surface area contributed by atoms with Crippen LogP contribution in [-0.2, 0) is 22.6 Å². The maximum absolute atomic E-state index is 12.0. The Hall–Kier alpha value is -2.93. The first kappa shape index (κ1) is 17.9. The number of carbonyl (C=O) groups is 2. The molecule has 1 aromatic carbocycles. The summed E-state index contributed by atoms with van der Waals surface area (Å²) in [7, 11) is 0. The predicted octanol–water partition coefficient (Wildman–Crippen LogP) is 3.61. The summed E-state index contributed by atoms with van der Waals surface area (Å²) in [4.78, 5) is 27.9. The van der Waals surface area contributed by atoms with E-state index in [0.29, 0.717) is 18.7 Å². The number of hydrogen-bond acceptors (Lipinski definition) is 5. The molecule has 0 radical (unpaired) electrons. The number of aromatic nitrogens is 1. The van der Waals surface area contributed by atoms with Crippen LogP contribution < -0.4 is 10.6 Å². The molecule has 0 saturated heterocycles. The zero-order valence-electron chi connectivity index (χ0n) is 14.3. The van der Waals surface area contributed by atoms with Crippen LogP contribution in [0.5, 0.6) is 0 Å². The Labute approximate surface area is 155 Å². The van der Waals surface area contributed by atoms with Crippen molar-refractivity contribution in [1.82, 2.24) is 10.3 Å². The molecule has 0 saturated carbocycles. The SMILES string of the molecule is CCC(=O)Nc1ccc(-c2csc(CC(=O)NCc3ccco3)n2)cc1. The van der Waals surface area contributed by atoms with Crippen LogP contribution in [0, 0.1) is 0 Å². The van der Waals surface area contributed by atoms with Gasteiger partial charge in [0, 0.05) is 23.1 Å². The van der Waals surface area contributed by atoms with Crippen molar-refractivity contribution in [3.05, 3.63) is 58.8 Å². The Morgan fingerprint density at radius 2 is 1.96 bits per heavy atom. The van der Waals surface area contributed by atoms with E-state index in [4.69, 9.17) is 4.42 Å². The molecule has 3 aromatic rings. The summed E-state index contributed by atoms with van der Waals surface area (Å²) in [5.74, 6) is 0.600. The van der Waals surface area contributed by atoms with E-state index in [1.165, 1.54) is 11.3 Å². The number of nitrogens with one attached hydrogen (secondary N) is 2. The van der Waals surface area contributed by atoms with Gasteiger partial charge >= 0.3 is 0 Å². The van der Waals surface area contributed by atoms with Crippen LogP contribution in [-0.4, -0.2) is 16.8 Å². The minimum atomic E-state index is -0.0973. The lowest BCUT2D eigenvalue weighted by Gasteiger charge is -2.04. The van der Waals surface area contributed by atoms with Gasteiger partial charge in [0.15, 0.2) is 0 Å². The van der Waals surface area contributed by atoms with E-state index in [0.717, 1.165) is 22.0 Å². The Kier molecular flexibility index (Phi) is 5.80. The van der Waals surface area contributed by atoms with E-state index in [-0.39, 0.29) is 18.2 Å². The number of rotatable bonds is 7. The number of thiazole rings is 1. The van der Waals surface area contributed by atoms with Crippen LogP contribution in [0.25, 0.3) is 11.3 Å². The highest BCUT2D eigenvalue weighted by atomic mass is 32.1. The van der Waals surface area contributed by atoms with E-state index in [2.05, 4.69) is 15.6 Å². The standard InChI is InChI=1S/C19H19N3O3S/c1-2-17(23)21-14-7-5-13(6-8-14)16-12-26-19(22-16)10-18(24)20-11-15-4-3-9-25-15/h3-9,12H,2,10-11H2,1H3,(H,20,24)(H,21,23). The highest BCUT2D eigenvalue weighted by Crippen LogP contribution is 2.24. The molecule has 2 heterocycles. The third-order valence-electron chi connectivity index (χ3n) is 3.69. The van der Waals surface area contributed by atoms with E-state index < -0.39 is 0 Å². The molecule has 7 heteroatoms. The fourth-order valence-corrected chi connectivity index (χ4v) is 3.10. The van der Waals surface area contributed by atoms with Crippen molar-refractivity contribution in [2.75, 3.05) is 5.32 Å². The van der Waals surface area contributed by atoms with Crippen molar-refractivity contribution in [3.63, 3.8) is 0 Å². The van der Waals surface area contributed by atoms with E-state index in [1.54, 1.807) is 12.3 Å². The minimum absolute atomic E-state index is 0.0192. The molecular weight excluding hydrogens is 350 g/mol. The average molecular weight is 369 g/mol. The molecule has 0 aliphatic carbocycles. The Morgan fingerprint density at radius 3 is 2.65 bits per heavy atom. The highest BCUT2D eigenvalue weighted by Gasteiger charge is 2.10. The van der Waals surface area contributed by atoms with Crippen molar-refractivity contribution in [1.29, 1.82) is 0 Å². The summed E-state index contributed by atoms with van der Waals surface area (Å²) in [5.41, 5.74) is 2.52. The van der Waals surface area contributed by atoms with Crippen LogP contribution in [0.4, 0.5) is 5.69 Å². The van der Waals surface area contributed by atoms with Gasteiger partial charge in [-0.3, -0.25) is 9.59 Å². The Morgan fingerprint density at radius 1 is 1.15 bits per heavy atom. The Balaban J connectivity index is 1.57. The molecule has 2 amide bonds. The second-order valence-corrected chi connectivity index (χ2v) is 6.58. The molecule has 0 fully saturated rings. The van der Waals surface area contributed by atoms with Gasteiger partial charge in [-0.2, -0.15) is 0 Å². The van der Waals surface area contributed by atoms with Gasteiger partial charge in [0.1, 0.15) is 10.8 Å². The minimum Gasteiger partial charge on any atom is -0.467 e. The van der Waals surface area contributed by atoms with Crippen LogP contribution >= 0.6 is 11.3 Å². The monoisotopic (exact) mass is 369 g/mol. The third kappa shape index (κ3) is 4.80. The highest BCUT2D eigenvalue weighted by molar-refractivity contribution is 7.10. The number of carbonyl (C=O) groups excluding carboxylic acids is 2. The molecular formula is C19H19N3O3S. The summed E-state index contributed by atoms with van der Waals surface area (Å²) in [6.07, 6.45) is 2.25. The lowest BCUT2D eigenvalue weighted by molar-refractivity contribution is -0.120. The summed E-state index contributed by atoms with van der Waals surface area (Å²) in [6.45, 7) is 2.18. The fourth-order valence-electron chi connectivity index (χ4n) is 2.30. The van der Waals surface area contributed by atoms with Crippen molar-refractivity contribution < 1.29 is 14.0 Å². The molecule has 2 aromatic heterocycles. The van der Waals surface area contributed by atoms with Gasteiger partial charge in [-0.05, 0) is 24.3 Å². The van der Waals surface area contributed by atoms with Gasteiger partial charge in [0.05, 0.1) is 24.9 Å². The molecule has 26 heavy (non-hydrogen) atoms. The molecule has 0 bridgehead atoms. The summed E-state index contributed by atoms with van der Waals surface area (Å²) >= 11 is 1.45. The smallest absolute Gasteiger partial charge is 0.227 e. The zero-order chi connectivity index (χ0) is 18.4. The molecule has 3 rings (SSSR count). The lowest BCUT2D eigenvalue weighted by atomic mass is 10.1. The first-order valence-electron chi connectivity index (χ1n) is 8.28.